The molecule has 0 amide bonds. The third-order valence-electron chi connectivity index (χ3n) is 9.89. The van der Waals surface area contributed by atoms with Crippen LogP contribution in [0.25, 0.3) is 0 Å². The summed E-state index contributed by atoms with van der Waals surface area (Å²) in [5.74, 6) is 5.17. The van der Waals surface area contributed by atoms with Crippen molar-refractivity contribution in [1.29, 1.82) is 0 Å². The fourth-order valence-electron chi connectivity index (χ4n) is 6.14. The van der Waals surface area contributed by atoms with Crippen LogP contribution in [0.3, 0.4) is 0 Å². The van der Waals surface area contributed by atoms with Crippen LogP contribution >= 0.6 is 0 Å². The van der Waals surface area contributed by atoms with Gasteiger partial charge in [-0.2, -0.15) is 0 Å². The van der Waals surface area contributed by atoms with Crippen LogP contribution in [0.2, 0.25) is 0 Å². The summed E-state index contributed by atoms with van der Waals surface area (Å²) in [6.07, 6.45) is 0. The molecular formula is C48H68Cl8N8O6. The van der Waals surface area contributed by atoms with E-state index in [2.05, 4.69) is 34.4 Å². The van der Waals surface area contributed by atoms with Gasteiger partial charge in [-0.3, -0.25) is 0 Å². The molecule has 0 aromatic heterocycles. The van der Waals surface area contributed by atoms with Crippen LogP contribution in [0, 0.1) is 0 Å². The summed E-state index contributed by atoms with van der Waals surface area (Å²) in [6, 6.07) is 46.9. The molecule has 6 aromatic carbocycles. The summed E-state index contributed by atoms with van der Waals surface area (Å²) in [5, 5.41) is 0. The predicted molar refractivity (Wildman–Crippen MR) is 238 cm³/mol. The SMILES string of the molecule is [Cl-].[Cl-].[Cl-].[Cl-].[Cl-].[Cl-].[Cl-].[Cl-].[NH3+]c1ccc(OCC[NH+](CCOc2ccc([NH3+])cc2)CCOc2ccc([NH3+])cc2)cc1.[NH3+]c1ccc(OCC[NH+](CCOc2ccc([NH3+])cc2)CCOc2ccc([NH3+])cc2)cc1. The lowest BCUT2D eigenvalue weighted by Gasteiger charge is -2.20. The first-order valence-corrected chi connectivity index (χ1v) is 21.1. The van der Waals surface area contributed by atoms with E-state index in [1.165, 1.54) is 9.80 Å². The molecule has 0 saturated carbocycles. The molecule has 20 N–H and O–H groups in total. The highest BCUT2D eigenvalue weighted by Gasteiger charge is 2.13. The Kier molecular flexibility index (Phi) is 43.3. The van der Waals surface area contributed by atoms with Gasteiger partial charge in [0.1, 0.15) is 148 Å². The van der Waals surface area contributed by atoms with E-state index in [1.807, 2.05) is 146 Å². The van der Waals surface area contributed by atoms with Crippen molar-refractivity contribution in [2.45, 2.75) is 0 Å². The highest BCUT2D eigenvalue weighted by Crippen LogP contribution is 2.15. The maximum Gasteiger partial charge on any atom is 0.137 e. The number of rotatable bonds is 24. The van der Waals surface area contributed by atoms with Crippen molar-refractivity contribution in [2.24, 2.45) is 0 Å². The number of benzene rings is 6. The van der Waals surface area contributed by atoms with Gasteiger partial charge in [0.2, 0.25) is 0 Å². The van der Waals surface area contributed by atoms with Crippen molar-refractivity contribution in [3.8, 4) is 34.5 Å². The Morgan fingerprint density at radius 1 is 0.214 bits per heavy atom. The fraction of sp³-hybridized carbons (Fsp3) is 0.250. The molecule has 6 rings (SSSR count). The van der Waals surface area contributed by atoms with Gasteiger partial charge in [-0.15, -0.1) is 0 Å². The van der Waals surface area contributed by atoms with E-state index in [0.29, 0.717) is 39.6 Å². The van der Waals surface area contributed by atoms with E-state index in [0.717, 1.165) is 108 Å². The van der Waals surface area contributed by atoms with Gasteiger partial charge in [0.15, 0.2) is 0 Å². The number of hydrogen-bond acceptors (Lipinski definition) is 6. The Bertz CT molecular complexity index is 1740. The molecule has 70 heavy (non-hydrogen) atoms. The summed E-state index contributed by atoms with van der Waals surface area (Å²) in [5.41, 5.74) is 29.3. The quantitative estimate of drug-likeness (QED) is 0.0294. The van der Waals surface area contributed by atoms with Crippen molar-refractivity contribution in [1.82, 2.24) is 0 Å². The lowest BCUT2D eigenvalue weighted by atomic mass is 10.3. The Balaban J connectivity index is -0.000000558. The molecule has 0 heterocycles. The lowest BCUT2D eigenvalue weighted by Crippen LogP contribution is -3.13. The Morgan fingerprint density at radius 2 is 0.329 bits per heavy atom. The summed E-state index contributed by atoms with van der Waals surface area (Å²) in [6.45, 7) is 8.87. The normalized spacial score (nSPS) is 9.60. The Hall–Kier alpha value is -3.88. The van der Waals surface area contributed by atoms with Crippen LogP contribution in [-0.4, -0.2) is 78.9 Å². The van der Waals surface area contributed by atoms with Gasteiger partial charge in [-0.25, -0.2) is 0 Å². The summed E-state index contributed by atoms with van der Waals surface area (Å²) in [4.78, 5) is 2.72. The molecule has 0 aliphatic rings. The zero-order valence-corrected chi connectivity index (χ0v) is 45.1. The Morgan fingerprint density at radius 3 is 0.443 bits per heavy atom. The van der Waals surface area contributed by atoms with Crippen LogP contribution in [0.15, 0.2) is 146 Å². The maximum atomic E-state index is 5.90. The highest BCUT2D eigenvalue weighted by molar-refractivity contribution is 5.38. The van der Waals surface area contributed by atoms with E-state index >= 15 is 0 Å². The standard InChI is InChI=1S/2C24H30N4O3.8ClH/c2*25-19-1-7-22(8-2-19)29-16-13-28(14-17-30-23-9-3-20(26)4-10-23)15-18-31-24-11-5-21(27)6-12-24;;;;;;;;/h2*1-12H,13-18,25-27H2;8*1H. The van der Waals surface area contributed by atoms with Crippen LogP contribution in [0.4, 0.5) is 34.1 Å². The first kappa shape index (κ1) is 72.7. The van der Waals surface area contributed by atoms with Crippen LogP contribution < -0.4 is 172 Å². The van der Waals surface area contributed by atoms with E-state index in [1.54, 1.807) is 0 Å². The van der Waals surface area contributed by atoms with Crippen LogP contribution in [-0.2, 0) is 0 Å². The Labute approximate surface area is 462 Å². The van der Waals surface area contributed by atoms with E-state index in [-0.39, 0.29) is 99.3 Å². The predicted octanol–water partition coefficient (Wildman–Crippen LogP) is -24.5. The van der Waals surface area contributed by atoms with E-state index in [9.17, 15) is 0 Å². The largest absolute Gasteiger partial charge is 1.00 e. The molecule has 0 aliphatic carbocycles. The molecular weight excluding hydrogens is 1070 g/mol. The molecule has 6 aromatic rings. The third kappa shape index (κ3) is 30.1. The zero-order chi connectivity index (χ0) is 43.8. The molecule has 0 unspecified atom stereocenters. The van der Waals surface area contributed by atoms with Crippen LogP contribution in [0.1, 0.15) is 0 Å². The van der Waals surface area contributed by atoms with Crippen LogP contribution in [0.5, 0.6) is 34.5 Å². The zero-order valence-electron chi connectivity index (χ0n) is 39.1. The van der Waals surface area contributed by atoms with Crippen molar-refractivity contribution in [2.75, 3.05) is 78.9 Å². The summed E-state index contributed by atoms with van der Waals surface area (Å²) >= 11 is 0. The molecule has 392 valence electrons. The first-order chi connectivity index (χ1) is 30.2. The lowest BCUT2D eigenvalue weighted by molar-refractivity contribution is -0.900. The second-order valence-corrected chi connectivity index (χ2v) is 15.0. The minimum absolute atomic E-state index is 0. The van der Waals surface area contributed by atoms with Crippen molar-refractivity contribution in [3.63, 3.8) is 0 Å². The van der Waals surface area contributed by atoms with Gasteiger partial charge in [-0.05, 0) is 72.8 Å². The number of nitrogens with one attached hydrogen (secondary N) is 2. The van der Waals surface area contributed by atoms with Gasteiger partial charge in [0.25, 0.3) is 0 Å². The average molecular weight is 1140 g/mol. The van der Waals surface area contributed by atoms with E-state index in [4.69, 9.17) is 28.4 Å². The first-order valence-electron chi connectivity index (χ1n) is 21.1. The number of halogens is 8. The molecule has 0 saturated heterocycles. The van der Waals surface area contributed by atoms with Crippen molar-refractivity contribution in [3.05, 3.63) is 146 Å². The molecule has 14 nitrogen and oxygen atoms in total. The van der Waals surface area contributed by atoms with Gasteiger partial charge < -0.3 is 172 Å². The van der Waals surface area contributed by atoms with Gasteiger partial charge in [0, 0.05) is 72.8 Å². The molecule has 0 spiro atoms. The van der Waals surface area contributed by atoms with Gasteiger partial charge in [-0.1, -0.05) is 0 Å². The van der Waals surface area contributed by atoms with Crippen molar-refractivity contribution >= 4 is 34.1 Å². The fourth-order valence-corrected chi connectivity index (χ4v) is 6.14. The average Bonchev–Trinajstić information content (AvgIpc) is 3.27. The topological polar surface area (TPSA) is 230 Å². The molecule has 0 radical (unpaired) electrons. The number of quaternary nitrogens is 8. The number of hydrogen-bond donors (Lipinski definition) is 8. The molecule has 0 aliphatic heterocycles. The third-order valence-corrected chi connectivity index (χ3v) is 9.89. The molecule has 0 fully saturated rings. The maximum absolute atomic E-state index is 5.90. The smallest absolute Gasteiger partial charge is 0.137 e. The molecule has 0 bridgehead atoms. The second-order valence-electron chi connectivity index (χ2n) is 15.0. The second kappa shape index (κ2) is 41.7. The monoisotopic (exact) mass is 1130 g/mol. The highest BCUT2D eigenvalue weighted by atomic mass is 35.5. The molecule has 0 atom stereocenters. The van der Waals surface area contributed by atoms with E-state index < -0.39 is 0 Å². The number of ether oxygens (including phenoxy) is 6. The minimum atomic E-state index is 0. The summed E-state index contributed by atoms with van der Waals surface area (Å²) < 4.78 is 35.4. The van der Waals surface area contributed by atoms with Crippen molar-refractivity contribution < 1.29 is 172 Å². The summed E-state index contributed by atoms with van der Waals surface area (Å²) in [7, 11) is 0. The molecule has 22 heteroatoms. The minimum Gasteiger partial charge on any atom is -1.00 e. The van der Waals surface area contributed by atoms with Gasteiger partial charge in [0.05, 0.1) is 0 Å². The van der Waals surface area contributed by atoms with Gasteiger partial charge >= 0.3 is 0 Å².